The molecule has 14 nitrogen and oxygen atoms in total. The molecule has 33 heavy (non-hydrogen) atoms. The van der Waals surface area contributed by atoms with Gasteiger partial charge < -0.3 is 38.6 Å². The van der Waals surface area contributed by atoms with E-state index in [0.29, 0.717) is 26.1 Å². The fourth-order valence-corrected chi connectivity index (χ4v) is 2.00. The minimum absolute atomic E-state index is 0.0359. The lowest BCUT2D eigenvalue weighted by atomic mass is 10.2. The van der Waals surface area contributed by atoms with E-state index in [1.54, 1.807) is 0 Å². The molecule has 14 heteroatoms. The molecule has 3 rings (SSSR count). The summed E-state index contributed by atoms with van der Waals surface area (Å²) in [5.41, 5.74) is 0. The summed E-state index contributed by atoms with van der Waals surface area (Å²) in [7, 11) is 0. The average molecular weight is 480 g/mol. The highest BCUT2D eigenvalue weighted by Gasteiger charge is 2.16. The molecule has 0 saturated carbocycles. The zero-order valence-electron chi connectivity index (χ0n) is 18.0. The first-order valence-electron chi connectivity index (χ1n) is 10.0. The zero-order valence-corrected chi connectivity index (χ0v) is 18.0. The van der Waals surface area contributed by atoms with Crippen molar-refractivity contribution in [2.24, 2.45) is 0 Å². The van der Waals surface area contributed by atoms with Crippen LogP contribution in [0.1, 0.15) is 44.9 Å². The maximum Gasteiger partial charge on any atom is 0.505 e. The number of ether oxygens (including phenoxy) is 6. The lowest BCUT2D eigenvalue weighted by Gasteiger charge is -2.09. The molecule has 3 heterocycles. The Bertz CT molecular complexity index is 562. The van der Waals surface area contributed by atoms with E-state index in [9.17, 15) is 28.8 Å². The van der Waals surface area contributed by atoms with E-state index in [2.05, 4.69) is 28.4 Å². The van der Waals surface area contributed by atoms with Gasteiger partial charge in [-0.05, 0) is 25.7 Å². The number of esters is 4. The highest BCUT2D eigenvalue weighted by Crippen LogP contribution is 2.04. The molecule has 3 saturated heterocycles. The average Bonchev–Trinajstić information content (AvgIpc) is 2.78. The molecule has 3 aliphatic heterocycles. The molecule has 0 bridgehead atoms. The van der Waals surface area contributed by atoms with Crippen molar-refractivity contribution >= 4 is 36.2 Å². The summed E-state index contributed by atoms with van der Waals surface area (Å²) in [6, 6.07) is 0. The molecule has 0 atom stereocenters. The molecular weight excluding hydrogens is 452 g/mol. The van der Waals surface area contributed by atoms with Crippen molar-refractivity contribution in [1.82, 2.24) is 0 Å². The highest BCUT2D eigenvalue weighted by molar-refractivity contribution is 5.82. The van der Waals surface area contributed by atoms with Crippen LogP contribution in [-0.4, -0.2) is 86.0 Å². The van der Waals surface area contributed by atoms with Crippen molar-refractivity contribution in [3.8, 4) is 0 Å². The molecule has 3 fully saturated rings. The molecular formula is C19H28O14. The van der Waals surface area contributed by atoms with Gasteiger partial charge in [0.1, 0.15) is 0 Å². The second kappa shape index (κ2) is 19.1. The third-order valence-electron chi connectivity index (χ3n) is 3.52. The summed E-state index contributed by atoms with van der Waals surface area (Å²) >= 11 is 0. The standard InChI is InChI=1S/C5H8O6.2C5H8O2.C4H4O4/c6-4(7)10-2-1-3-11-5(8)9;2*6-5-3-1-2-4-7-5;5-3-1-7-4(6)2-8-3/h1-3H2,(H,6,7)(H,8,9);2*1-4H2;1-2H2. The normalized spacial score (nSPS) is 16.7. The molecule has 0 aromatic carbocycles. The van der Waals surface area contributed by atoms with Crippen molar-refractivity contribution < 1.29 is 67.4 Å². The Morgan fingerprint density at radius 3 is 1.24 bits per heavy atom. The summed E-state index contributed by atoms with van der Waals surface area (Å²) in [4.78, 5) is 60.1. The minimum atomic E-state index is -1.37. The maximum absolute atomic E-state index is 10.2. The van der Waals surface area contributed by atoms with Crippen LogP contribution in [0.15, 0.2) is 0 Å². The summed E-state index contributed by atoms with van der Waals surface area (Å²) in [6.45, 7) is 0.695. The van der Waals surface area contributed by atoms with Crippen molar-refractivity contribution in [1.29, 1.82) is 0 Å². The van der Waals surface area contributed by atoms with E-state index >= 15 is 0 Å². The summed E-state index contributed by atoms with van der Waals surface area (Å²) in [5.74, 6) is -1.04. The second-order valence-corrected chi connectivity index (χ2v) is 6.26. The van der Waals surface area contributed by atoms with E-state index in [-0.39, 0.29) is 44.8 Å². The first-order valence-corrected chi connectivity index (χ1v) is 10.0. The molecule has 0 aromatic heterocycles. The van der Waals surface area contributed by atoms with Crippen LogP contribution in [0.2, 0.25) is 0 Å². The van der Waals surface area contributed by atoms with Crippen LogP contribution in [0.25, 0.3) is 0 Å². The fraction of sp³-hybridized carbons (Fsp3) is 0.684. The predicted molar refractivity (Wildman–Crippen MR) is 104 cm³/mol. The number of carboxylic acid groups (broad SMARTS) is 2. The van der Waals surface area contributed by atoms with Gasteiger partial charge in [-0.1, -0.05) is 0 Å². The van der Waals surface area contributed by atoms with Gasteiger partial charge in [0.25, 0.3) is 0 Å². The van der Waals surface area contributed by atoms with Gasteiger partial charge in [-0.3, -0.25) is 9.59 Å². The van der Waals surface area contributed by atoms with E-state index < -0.39 is 24.2 Å². The van der Waals surface area contributed by atoms with Crippen LogP contribution in [0, 0.1) is 0 Å². The van der Waals surface area contributed by atoms with Crippen molar-refractivity contribution in [2.45, 2.75) is 44.9 Å². The quantitative estimate of drug-likeness (QED) is 0.331. The molecule has 3 aliphatic rings. The van der Waals surface area contributed by atoms with Crippen molar-refractivity contribution in [2.75, 3.05) is 39.6 Å². The number of hydrogen-bond donors (Lipinski definition) is 2. The van der Waals surface area contributed by atoms with E-state index in [1.807, 2.05) is 0 Å². The Kier molecular flexibility index (Phi) is 17.1. The van der Waals surface area contributed by atoms with Crippen molar-refractivity contribution in [3.63, 3.8) is 0 Å². The van der Waals surface area contributed by atoms with Crippen LogP contribution >= 0.6 is 0 Å². The number of hydrogen-bond acceptors (Lipinski definition) is 12. The summed E-state index contributed by atoms with van der Waals surface area (Å²) in [6.07, 6.45) is 2.86. The third kappa shape index (κ3) is 21.4. The SMILES string of the molecule is O=C(O)OCCCOC(=O)O.O=C1CCCCO1.O=C1CCCCO1.O=C1COC(=O)CO1. The van der Waals surface area contributed by atoms with Gasteiger partial charge in [0.2, 0.25) is 0 Å². The van der Waals surface area contributed by atoms with Gasteiger partial charge >= 0.3 is 36.2 Å². The Hall–Kier alpha value is -3.58. The van der Waals surface area contributed by atoms with Gasteiger partial charge in [0.05, 0.1) is 26.4 Å². The monoisotopic (exact) mass is 480 g/mol. The predicted octanol–water partition coefficient (Wildman–Crippen LogP) is 1.28. The Balaban J connectivity index is 0.000000420. The van der Waals surface area contributed by atoms with E-state index in [1.165, 1.54) is 0 Å². The van der Waals surface area contributed by atoms with Gasteiger partial charge in [-0.15, -0.1) is 0 Å². The minimum Gasteiger partial charge on any atom is -0.466 e. The molecule has 2 N–H and O–H groups in total. The Morgan fingerprint density at radius 2 is 1.03 bits per heavy atom. The van der Waals surface area contributed by atoms with Crippen molar-refractivity contribution in [3.05, 3.63) is 0 Å². The third-order valence-corrected chi connectivity index (χ3v) is 3.52. The van der Waals surface area contributed by atoms with Gasteiger partial charge in [0, 0.05) is 19.3 Å². The van der Waals surface area contributed by atoms with Crippen LogP contribution in [0.3, 0.4) is 0 Å². The lowest BCUT2D eigenvalue weighted by Crippen LogP contribution is -2.27. The topological polar surface area (TPSA) is 198 Å². The molecule has 0 spiro atoms. The zero-order chi connectivity index (χ0) is 24.9. The molecule has 0 radical (unpaired) electrons. The van der Waals surface area contributed by atoms with E-state index in [0.717, 1.165) is 25.7 Å². The first-order chi connectivity index (χ1) is 15.7. The maximum atomic E-state index is 10.2. The number of rotatable bonds is 4. The fourth-order valence-electron chi connectivity index (χ4n) is 2.00. The highest BCUT2D eigenvalue weighted by atomic mass is 16.7. The van der Waals surface area contributed by atoms with Gasteiger partial charge in [0.15, 0.2) is 13.2 Å². The smallest absolute Gasteiger partial charge is 0.466 e. The summed E-state index contributed by atoms with van der Waals surface area (Å²) in [5, 5.41) is 15.9. The molecule has 0 aromatic rings. The van der Waals surface area contributed by atoms with Crippen LogP contribution in [-0.2, 0) is 47.6 Å². The second-order valence-electron chi connectivity index (χ2n) is 6.26. The van der Waals surface area contributed by atoms with Crippen LogP contribution < -0.4 is 0 Å². The van der Waals surface area contributed by atoms with Crippen LogP contribution in [0.4, 0.5) is 9.59 Å². The molecule has 0 amide bonds. The number of carbonyl (C=O) groups excluding carboxylic acids is 4. The Morgan fingerprint density at radius 1 is 0.636 bits per heavy atom. The molecule has 188 valence electrons. The van der Waals surface area contributed by atoms with E-state index in [4.69, 9.17) is 10.2 Å². The van der Waals surface area contributed by atoms with Gasteiger partial charge in [-0.2, -0.15) is 0 Å². The first kappa shape index (κ1) is 29.4. The lowest BCUT2D eigenvalue weighted by molar-refractivity contribution is -0.174. The Labute approximate surface area is 189 Å². The summed E-state index contributed by atoms with van der Waals surface area (Å²) < 4.78 is 26.0. The molecule has 0 unspecified atom stereocenters. The largest absolute Gasteiger partial charge is 0.505 e. The number of cyclic esters (lactones) is 4. The molecule has 0 aliphatic carbocycles. The van der Waals surface area contributed by atoms with Gasteiger partial charge in [-0.25, -0.2) is 19.2 Å². The number of carbonyl (C=O) groups is 6. The van der Waals surface area contributed by atoms with Crippen LogP contribution in [0.5, 0.6) is 0 Å².